The number of carbonyl (C=O) groups is 1. The lowest BCUT2D eigenvalue weighted by Gasteiger charge is -2.07. The van der Waals surface area contributed by atoms with Gasteiger partial charge in [-0.2, -0.15) is 0 Å². The first-order valence-corrected chi connectivity index (χ1v) is 6.47. The lowest BCUT2D eigenvalue weighted by atomic mass is 10.1. The largest absolute Gasteiger partial charge is 0.396 e. The van der Waals surface area contributed by atoms with E-state index in [9.17, 15) is 4.79 Å². The van der Waals surface area contributed by atoms with Crippen LogP contribution in [-0.2, 0) is 6.42 Å². The summed E-state index contributed by atoms with van der Waals surface area (Å²) >= 11 is 0. The van der Waals surface area contributed by atoms with Crippen LogP contribution in [-0.4, -0.2) is 29.1 Å². The molecule has 0 aliphatic carbocycles. The molecule has 0 unspecified atom stereocenters. The second-order valence-electron chi connectivity index (χ2n) is 4.80. The van der Waals surface area contributed by atoms with Crippen LogP contribution >= 0.6 is 0 Å². The highest BCUT2D eigenvalue weighted by Crippen LogP contribution is 2.04. The van der Waals surface area contributed by atoms with Crippen LogP contribution in [0.4, 0.5) is 0 Å². The van der Waals surface area contributed by atoms with Crippen LogP contribution in [0.25, 0.3) is 0 Å². The summed E-state index contributed by atoms with van der Waals surface area (Å²) in [6.07, 6.45) is 4.20. The van der Waals surface area contributed by atoms with E-state index in [-0.39, 0.29) is 12.5 Å². The van der Waals surface area contributed by atoms with Gasteiger partial charge < -0.3 is 10.4 Å². The lowest BCUT2D eigenvalue weighted by molar-refractivity contribution is 0.0952. The summed E-state index contributed by atoms with van der Waals surface area (Å²) in [5.74, 6) is 0.597. The molecule has 1 amide bonds. The number of aliphatic hydroxyl groups excluding tert-OH is 1. The SMILES string of the molecule is CC(C)CCCNC(=O)c1ccnc(CCO)c1. The summed E-state index contributed by atoms with van der Waals surface area (Å²) in [4.78, 5) is 15.9. The van der Waals surface area contributed by atoms with Crippen molar-refractivity contribution in [3.63, 3.8) is 0 Å². The van der Waals surface area contributed by atoms with Crippen LogP contribution in [0, 0.1) is 5.92 Å². The first-order chi connectivity index (χ1) is 8.63. The lowest BCUT2D eigenvalue weighted by Crippen LogP contribution is -2.24. The number of rotatable bonds is 7. The van der Waals surface area contributed by atoms with E-state index in [0.29, 0.717) is 24.4 Å². The third-order valence-corrected chi connectivity index (χ3v) is 2.69. The monoisotopic (exact) mass is 250 g/mol. The highest BCUT2D eigenvalue weighted by Gasteiger charge is 2.06. The smallest absolute Gasteiger partial charge is 0.251 e. The van der Waals surface area contributed by atoms with Crippen LogP contribution in [0.5, 0.6) is 0 Å². The fourth-order valence-corrected chi connectivity index (χ4v) is 1.68. The standard InChI is InChI=1S/C14H22N2O2/c1-11(2)4-3-7-16-14(18)12-5-8-15-13(10-12)6-9-17/h5,8,10-11,17H,3-4,6-7,9H2,1-2H3,(H,16,18). The zero-order valence-corrected chi connectivity index (χ0v) is 11.1. The molecule has 0 aliphatic rings. The molecule has 0 saturated heterocycles. The molecule has 18 heavy (non-hydrogen) atoms. The van der Waals surface area contributed by atoms with Crippen molar-refractivity contribution in [2.24, 2.45) is 5.92 Å². The molecule has 0 fully saturated rings. The molecule has 0 aromatic carbocycles. The van der Waals surface area contributed by atoms with Crippen molar-refractivity contribution in [1.29, 1.82) is 0 Å². The highest BCUT2D eigenvalue weighted by atomic mass is 16.3. The number of aromatic nitrogens is 1. The van der Waals surface area contributed by atoms with E-state index in [1.165, 1.54) is 0 Å². The Bertz CT molecular complexity index is 378. The van der Waals surface area contributed by atoms with Gasteiger partial charge in [-0.3, -0.25) is 9.78 Å². The molecule has 0 radical (unpaired) electrons. The minimum Gasteiger partial charge on any atom is -0.396 e. The zero-order valence-electron chi connectivity index (χ0n) is 11.1. The molecule has 1 aromatic heterocycles. The average Bonchev–Trinajstić information content (AvgIpc) is 2.35. The van der Waals surface area contributed by atoms with E-state index in [1.807, 2.05) is 0 Å². The van der Waals surface area contributed by atoms with Gasteiger partial charge in [0.15, 0.2) is 0 Å². The van der Waals surface area contributed by atoms with Crippen LogP contribution in [0.1, 0.15) is 42.7 Å². The molecule has 1 aromatic rings. The Balaban J connectivity index is 2.43. The van der Waals surface area contributed by atoms with Gasteiger partial charge in [-0.1, -0.05) is 13.8 Å². The summed E-state index contributed by atoms with van der Waals surface area (Å²) in [6.45, 7) is 5.10. The summed E-state index contributed by atoms with van der Waals surface area (Å²) in [5.41, 5.74) is 1.35. The molecule has 0 atom stereocenters. The molecular weight excluding hydrogens is 228 g/mol. The number of nitrogens with zero attached hydrogens (tertiary/aromatic N) is 1. The summed E-state index contributed by atoms with van der Waals surface area (Å²) in [7, 11) is 0. The Labute approximate surface area is 108 Å². The van der Waals surface area contributed by atoms with Crippen LogP contribution in [0.2, 0.25) is 0 Å². The quantitative estimate of drug-likeness (QED) is 0.725. The molecule has 4 nitrogen and oxygen atoms in total. The van der Waals surface area contributed by atoms with E-state index >= 15 is 0 Å². The normalized spacial score (nSPS) is 10.7. The fourth-order valence-electron chi connectivity index (χ4n) is 1.68. The molecule has 0 bridgehead atoms. The van der Waals surface area contributed by atoms with Crippen LogP contribution < -0.4 is 5.32 Å². The van der Waals surface area contributed by atoms with Gasteiger partial charge in [-0.05, 0) is 30.9 Å². The van der Waals surface area contributed by atoms with Gasteiger partial charge in [0.2, 0.25) is 0 Å². The van der Waals surface area contributed by atoms with Gasteiger partial charge in [-0.25, -0.2) is 0 Å². The first kappa shape index (κ1) is 14.6. The second-order valence-corrected chi connectivity index (χ2v) is 4.80. The highest BCUT2D eigenvalue weighted by molar-refractivity contribution is 5.94. The van der Waals surface area contributed by atoms with Crippen LogP contribution in [0.15, 0.2) is 18.3 Å². The molecule has 1 rings (SSSR count). The van der Waals surface area contributed by atoms with Crippen molar-refractivity contribution < 1.29 is 9.90 Å². The molecule has 0 saturated carbocycles. The van der Waals surface area contributed by atoms with Gasteiger partial charge in [0.1, 0.15) is 0 Å². The maximum atomic E-state index is 11.8. The molecule has 2 N–H and O–H groups in total. The maximum Gasteiger partial charge on any atom is 0.251 e. The number of hydrogen-bond acceptors (Lipinski definition) is 3. The number of nitrogens with one attached hydrogen (secondary N) is 1. The van der Waals surface area contributed by atoms with Crippen molar-refractivity contribution >= 4 is 5.91 Å². The predicted octanol–water partition coefficient (Wildman–Crippen LogP) is 1.78. The zero-order chi connectivity index (χ0) is 13.4. The van der Waals surface area contributed by atoms with Crippen molar-refractivity contribution in [3.8, 4) is 0 Å². The summed E-state index contributed by atoms with van der Waals surface area (Å²) < 4.78 is 0. The summed E-state index contributed by atoms with van der Waals surface area (Å²) in [5, 5.41) is 11.7. The molecular formula is C14H22N2O2. The number of hydrogen-bond donors (Lipinski definition) is 2. The fraction of sp³-hybridized carbons (Fsp3) is 0.571. The Morgan fingerprint density at radius 3 is 2.94 bits per heavy atom. The van der Waals surface area contributed by atoms with E-state index in [1.54, 1.807) is 18.3 Å². The third kappa shape index (κ3) is 5.27. The Hall–Kier alpha value is -1.42. The Kier molecular flexibility index (Phi) is 6.36. The molecule has 100 valence electrons. The molecule has 0 spiro atoms. The molecule has 1 heterocycles. The number of aliphatic hydroxyl groups is 1. The minimum absolute atomic E-state index is 0.0481. The average molecular weight is 250 g/mol. The van der Waals surface area contributed by atoms with Crippen molar-refractivity contribution in [2.45, 2.75) is 33.1 Å². The first-order valence-electron chi connectivity index (χ1n) is 6.47. The minimum atomic E-state index is -0.0691. The number of amides is 1. The van der Waals surface area contributed by atoms with E-state index in [2.05, 4.69) is 24.1 Å². The van der Waals surface area contributed by atoms with Crippen molar-refractivity contribution in [3.05, 3.63) is 29.6 Å². The second kappa shape index (κ2) is 7.82. The Morgan fingerprint density at radius 1 is 1.50 bits per heavy atom. The topological polar surface area (TPSA) is 62.2 Å². The van der Waals surface area contributed by atoms with Gasteiger partial charge in [-0.15, -0.1) is 0 Å². The van der Waals surface area contributed by atoms with Crippen molar-refractivity contribution in [1.82, 2.24) is 10.3 Å². The van der Waals surface area contributed by atoms with Gasteiger partial charge in [0.05, 0.1) is 0 Å². The van der Waals surface area contributed by atoms with E-state index < -0.39 is 0 Å². The van der Waals surface area contributed by atoms with Gasteiger partial charge >= 0.3 is 0 Å². The Morgan fingerprint density at radius 2 is 2.28 bits per heavy atom. The van der Waals surface area contributed by atoms with Crippen LogP contribution in [0.3, 0.4) is 0 Å². The number of carbonyl (C=O) groups excluding carboxylic acids is 1. The third-order valence-electron chi connectivity index (χ3n) is 2.69. The van der Waals surface area contributed by atoms with E-state index in [4.69, 9.17) is 5.11 Å². The van der Waals surface area contributed by atoms with Gasteiger partial charge in [0, 0.05) is 37.0 Å². The van der Waals surface area contributed by atoms with Gasteiger partial charge in [0.25, 0.3) is 5.91 Å². The van der Waals surface area contributed by atoms with E-state index in [0.717, 1.165) is 18.5 Å². The van der Waals surface area contributed by atoms with Crippen molar-refractivity contribution in [2.75, 3.05) is 13.2 Å². The molecule has 4 heteroatoms. The molecule has 0 aliphatic heterocycles. The number of pyridine rings is 1. The maximum absolute atomic E-state index is 11.8. The predicted molar refractivity (Wildman–Crippen MR) is 71.4 cm³/mol. The summed E-state index contributed by atoms with van der Waals surface area (Å²) in [6, 6.07) is 3.42.